The third-order valence-electron chi connectivity index (χ3n) is 3.23. The van der Waals surface area contributed by atoms with Crippen LogP contribution in [0.4, 0.5) is 0 Å². The van der Waals surface area contributed by atoms with Crippen LogP contribution in [0.1, 0.15) is 18.9 Å². The summed E-state index contributed by atoms with van der Waals surface area (Å²) in [5.74, 6) is 0.729. The van der Waals surface area contributed by atoms with E-state index in [0.29, 0.717) is 11.6 Å². The van der Waals surface area contributed by atoms with E-state index < -0.39 is 0 Å². The van der Waals surface area contributed by atoms with Crippen molar-refractivity contribution >= 4 is 22.5 Å². The van der Waals surface area contributed by atoms with Crippen molar-refractivity contribution in [2.24, 2.45) is 5.73 Å². The van der Waals surface area contributed by atoms with Crippen LogP contribution in [0.25, 0.3) is 10.9 Å². The molecule has 2 rings (SSSR count). The number of nitrogens with zero attached hydrogens (tertiary/aromatic N) is 1. The molecule has 1 heterocycles. The number of hydrogen-bond acceptors (Lipinski definition) is 2. The monoisotopic (exact) mass is 266 g/mol. The summed E-state index contributed by atoms with van der Waals surface area (Å²) >= 11 is 6.19. The Morgan fingerprint density at radius 2 is 2.17 bits per heavy atom. The van der Waals surface area contributed by atoms with E-state index in [9.17, 15) is 0 Å². The van der Waals surface area contributed by atoms with Crippen molar-refractivity contribution in [1.29, 1.82) is 0 Å². The van der Waals surface area contributed by atoms with Crippen molar-refractivity contribution in [3.8, 4) is 5.75 Å². The molecular weight excluding hydrogens is 248 g/mol. The molecule has 0 saturated carbocycles. The first-order valence-corrected chi connectivity index (χ1v) is 6.64. The van der Waals surface area contributed by atoms with Crippen LogP contribution < -0.4 is 10.5 Å². The largest absolute Gasteiger partial charge is 0.495 e. The highest BCUT2D eigenvalue weighted by molar-refractivity contribution is 6.32. The number of methoxy groups -OCH3 is 1. The molecule has 2 N–H and O–H groups in total. The van der Waals surface area contributed by atoms with Gasteiger partial charge >= 0.3 is 0 Å². The molecule has 0 unspecified atom stereocenters. The quantitative estimate of drug-likeness (QED) is 0.903. The molecule has 1 aromatic heterocycles. The summed E-state index contributed by atoms with van der Waals surface area (Å²) in [6, 6.07) is 4.00. The van der Waals surface area contributed by atoms with Crippen molar-refractivity contribution in [2.75, 3.05) is 13.7 Å². The van der Waals surface area contributed by atoms with Crippen LogP contribution in [0.15, 0.2) is 18.3 Å². The highest BCUT2D eigenvalue weighted by Gasteiger charge is 2.11. The average molecular weight is 267 g/mol. The van der Waals surface area contributed by atoms with Gasteiger partial charge in [-0.1, -0.05) is 11.6 Å². The molecule has 4 heteroatoms. The molecule has 1 aromatic carbocycles. The van der Waals surface area contributed by atoms with Crippen LogP contribution >= 0.6 is 11.6 Å². The molecule has 0 bridgehead atoms. The first-order chi connectivity index (χ1) is 8.71. The molecule has 2 aromatic rings. The molecule has 98 valence electrons. The van der Waals surface area contributed by atoms with E-state index >= 15 is 0 Å². The van der Waals surface area contributed by atoms with Gasteiger partial charge in [0, 0.05) is 18.1 Å². The fourth-order valence-electron chi connectivity index (χ4n) is 2.27. The van der Waals surface area contributed by atoms with Crippen molar-refractivity contribution in [2.45, 2.75) is 26.3 Å². The van der Waals surface area contributed by atoms with E-state index in [1.165, 1.54) is 10.9 Å². The van der Waals surface area contributed by atoms with Gasteiger partial charge in [-0.2, -0.15) is 0 Å². The van der Waals surface area contributed by atoms with Crippen molar-refractivity contribution in [3.63, 3.8) is 0 Å². The Morgan fingerprint density at radius 1 is 1.39 bits per heavy atom. The Morgan fingerprint density at radius 3 is 2.78 bits per heavy atom. The highest BCUT2D eigenvalue weighted by atomic mass is 35.5. The topological polar surface area (TPSA) is 40.2 Å². The number of benzene rings is 1. The van der Waals surface area contributed by atoms with E-state index in [2.05, 4.69) is 17.7 Å². The zero-order chi connectivity index (χ0) is 13.1. The lowest BCUT2D eigenvalue weighted by Crippen LogP contribution is -2.00. The maximum absolute atomic E-state index is 6.19. The zero-order valence-electron chi connectivity index (χ0n) is 10.9. The molecule has 0 spiro atoms. The van der Waals surface area contributed by atoms with Gasteiger partial charge < -0.3 is 15.0 Å². The minimum absolute atomic E-state index is 0.656. The summed E-state index contributed by atoms with van der Waals surface area (Å²) in [7, 11) is 1.64. The first-order valence-electron chi connectivity index (χ1n) is 6.26. The minimum atomic E-state index is 0.656. The highest BCUT2D eigenvalue weighted by Crippen LogP contribution is 2.33. The number of ether oxygens (including phenoxy) is 1. The fraction of sp³-hybridized carbons (Fsp3) is 0.429. The number of hydrogen-bond donors (Lipinski definition) is 1. The predicted octanol–water partition coefficient (Wildman–Crippen LogP) is 3.21. The van der Waals surface area contributed by atoms with Crippen LogP contribution in [0.2, 0.25) is 5.02 Å². The molecule has 0 fully saturated rings. The molecule has 18 heavy (non-hydrogen) atoms. The fourth-order valence-corrected chi connectivity index (χ4v) is 2.51. The third kappa shape index (κ3) is 2.33. The molecular formula is C14H19ClN2O. The number of fused-ring (bicyclic) bond motifs is 1. The minimum Gasteiger partial charge on any atom is -0.495 e. The summed E-state index contributed by atoms with van der Waals surface area (Å²) in [6.45, 7) is 3.77. The van der Waals surface area contributed by atoms with Gasteiger partial charge in [0.2, 0.25) is 0 Å². The van der Waals surface area contributed by atoms with E-state index in [1.807, 2.05) is 12.1 Å². The second kappa shape index (κ2) is 5.63. The van der Waals surface area contributed by atoms with Gasteiger partial charge in [0.15, 0.2) is 0 Å². The van der Waals surface area contributed by atoms with E-state index in [1.54, 1.807) is 7.11 Å². The van der Waals surface area contributed by atoms with E-state index in [0.717, 1.165) is 30.7 Å². The van der Waals surface area contributed by atoms with Gasteiger partial charge in [-0.15, -0.1) is 0 Å². The second-order valence-corrected chi connectivity index (χ2v) is 4.74. The van der Waals surface area contributed by atoms with Crippen molar-refractivity contribution in [1.82, 2.24) is 4.57 Å². The lowest BCUT2D eigenvalue weighted by atomic mass is 10.1. The zero-order valence-corrected chi connectivity index (χ0v) is 11.6. The van der Waals surface area contributed by atoms with Gasteiger partial charge in [-0.05, 0) is 44.0 Å². The molecule has 3 nitrogen and oxygen atoms in total. The van der Waals surface area contributed by atoms with Crippen LogP contribution in [-0.4, -0.2) is 18.2 Å². The number of nitrogens with two attached hydrogens (primary N) is 1. The summed E-state index contributed by atoms with van der Waals surface area (Å²) in [5, 5.41) is 1.87. The lowest BCUT2D eigenvalue weighted by Gasteiger charge is -2.05. The number of rotatable bonds is 5. The van der Waals surface area contributed by atoms with Gasteiger partial charge in [0.25, 0.3) is 0 Å². The molecule has 0 aliphatic carbocycles. The second-order valence-electron chi connectivity index (χ2n) is 4.34. The number of halogens is 1. The van der Waals surface area contributed by atoms with E-state index in [-0.39, 0.29) is 0 Å². The Bertz CT molecular complexity index is 548. The van der Waals surface area contributed by atoms with Crippen LogP contribution in [0.5, 0.6) is 5.75 Å². The van der Waals surface area contributed by atoms with Crippen molar-refractivity contribution in [3.05, 3.63) is 28.9 Å². The van der Waals surface area contributed by atoms with Crippen LogP contribution in [-0.2, 0) is 13.0 Å². The van der Waals surface area contributed by atoms with Gasteiger partial charge in [-0.3, -0.25) is 0 Å². The Labute approximate surface area is 112 Å². The molecule has 0 aliphatic heterocycles. The molecule has 0 saturated heterocycles. The summed E-state index contributed by atoms with van der Waals surface area (Å²) in [6.07, 6.45) is 4.18. The lowest BCUT2D eigenvalue weighted by molar-refractivity contribution is 0.415. The maximum atomic E-state index is 6.19. The SMILES string of the molecule is CCn1cc(CCCN)c2cc(OC)c(Cl)cc21. The Kier molecular flexibility index (Phi) is 4.15. The molecule has 0 atom stereocenters. The van der Waals surface area contributed by atoms with Crippen LogP contribution in [0.3, 0.4) is 0 Å². The van der Waals surface area contributed by atoms with Gasteiger partial charge in [0.1, 0.15) is 5.75 Å². The number of aryl methyl sites for hydroxylation is 2. The average Bonchev–Trinajstić information content (AvgIpc) is 2.72. The normalized spacial score (nSPS) is 11.1. The molecule has 0 radical (unpaired) electrons. The van der Waals surface area contributed by atoms with E-state index in [4.69, 9.17) is 22.1 Å². The Balaban J connectivity index is 2.57. The molecule has 0 aliphatic rings. The Hall–Kier alpha value is -1.19. The standard InChI is InChI=1S/C14H19ClN2O/c1-3-17-9-10(5-4-6-16)11-7-14(18-2)12(15)8-13(11)17/h7-9H,3-6,16H2,1-2H3. The summed E-state index contributed by atoms with van der Waals surface area (Å²) < 4.78 is 7.50. The van der Waals surface area contributed by atoms with Gasteiger partial charge in [-0.25, -0.2) is 0 Å². The molecule has 0 amide bonds. The number of aromatic nitrogens is 1. The van der Waals surface area contributed by atoms with Crippen molar-refractivity contribution < 1.29 is 4.74 Å². The van der Waals surface area contributed by atoms with Crippen LogP contribution in [0, 0.1) is 0 Å². The van der Waals surface area contributed by atoms with Gasteiger partial charge in [0.05, 0.1) is 17.6 Å². The summed E-state index contributed by atoms with van der Waals surface area (Å²) in [5.41, 5.74) is 8.06. The smallest absolute Gasteiger partial charge is 0.138 e. The maximum Gasteiger partial charge on any atom is 0.138 e. The first kappa shape index (κ1) is 13.2. The third-order valence-corrected chi connectivity index (χ3v) is 3.52. The summed E-state index contributed by atoms with van der Waals surface area (Å²) in [4.78, 5) is 0. The predicted molar refractivity (Wildman–Crippen MR) is 76.5 cm³/mol.